The Hall–Kier alpha value is -0.590. The van der Waals surface area contributed by atoms with Crippen molar-refractivity contribution in [3.63, 3.8) is 0 Å². The first-order valence-electron chi connectivity index (χ1n) is 2.05. The number of nitriles is 1. The van der Waals surface area contributed by atoms with E-state index in [1.54, 1.807) is 6.92 Å². The highest BCUT2D eigenvalue weighted by Gasteiger charge is 2.14. The third-order valence-corrected chi connectivity index (χ3v) is 0.733. The Morgan fingerprint density at radius 3 is 2.43 bits per heavy atom. The zero-order valence-electron chi connectivity index (χ0n) is 4.18. The van der Waals surface area contributed by atoms with Crippen LogP contribution in [0.1, 0.15) is 13.3 Å². The van der Waals surface area contributed by atoms with Gasteiger partial charge < -0.3 is 5.11 Å². The Morgan fingerprint density at radius 2 is 2.43 bits per heavy atom. The second-order valence-corrected chi connectivity index (χ2v) is 1.39. The van der Waals surface area contributed by atoms with Gasteiger partial charge in [0, 0.05) is 6.42 Å². The van der Waals surface area contributed by atoms with Gasteiger partial charge in [-0.25, -0.2) is 0 Å². The van der Waals surface area contributed by atoms with Crippen LogP contribution in [0.3, 0.4) is 0 Å². The molecule has 0 aromatic heterocycles. The molecule has 0 amide bonds. The molecule has 0 aromatic carbocycles. The summed E-state index contributed by atoms with van der Waals surface area (Å²) in [4.78, 5) is 0. The van der Waals surface area contributed by atoms with Crippen LogP contribution in [-0.4, -0.2) is 10.8 Å². The minimum Gasteiger partial charge on any atom is -0.364 e. The lowest BCUT2D eigenvalue weighted by Crippen LogP contribution is -2.36. The van der Waals surface area contributed by atoms with E-state index in [9.17, 15) is 0 Å². The van der Waals surface area contributed by atoms with Crippen molar-refractivity contribution in [2.45, 2.75) is 19.1 Å². The summed E-state index contributed by atoms with van der Waals surface area (Å²) in [5, 5.41) is 16.5. The van der Waals surface area contributed by atoms with Crippen molar-refractivity contribution in [3.8, 4) is 6.07 Å². The Balaban J connectivity index is 3.66. The Bertz CT molecular complexity index is 92.4. The quantitative estimate of drug-likeness (QED) is 0.347. The SMILES string of the molecule is CCC(N)(O)C#N. The number of aliphatic hydroxyl groups is 1. The molecule has 0 aliphatic carbocycles. The highest BCUT2D eigenvalue weighted by Crippen LogP contribution is 1.95. The summed E-state index contributed by atoms with van der Waals surface area (Å²) in [5.41, 5.74) is 3.30. The predicted molar refractivity (Wildman–Crippen MR) is 25.0 cm³/mol. The topological polar surface area (TPSA) is 70.0 Å². The van der Waals surface area contributed by atoms with Crippen molar-refractivity contribution in [1.29, 1.82) is 5.26 Å². The fourth-order valence-electron chi connectivity index (χ4n) is 0.0791. The fraction of sp³-hybridized carbons (Fsp3) is 0.750. The van der Waals surface area contributed by atoms with Gasteiger partial charge in [-0.15, -0.1) is 0 Å². The normalized spacial score (nSPS) is 17.4. The summed E-state index contributed by atoms with van der Waals surface area (Å²) in [5.74, 6) is 0. The van der Waals surface area contributed by atoms with Crippen molar-refractivity contribution < 1.29 is 5.11 Å². The van der Waals surface area contributed by atoms with Crippen molar-refractivity contribution >= 4 is 0 Å². The van der Waals surface area contributed by atoms with Crippen LogP contribution in [0.25, 0.3) is 0 Å². The molecule has 7 heavy (non-hydrogen) atoms. The molecule has 0 aromatic rings. The molecule has 3 heteroatoms. The van der Waals surface area contributed by atoms with E-state index in [0.29, 0.717) is 0 Å². The van der Waals surface area contributed by atoms with E-state index < -0.39 is 5.72 Å². The van der Waals surface area contributed by atoms with Gasteiger partial charge in [-0.3, -0.25) is 5.73 Å². The van der Waals surface area contributed by atoms with E-state index >= 15 is 0 Å². The van der Waals surface area contributed by atoms with Crippen molar-refractivity contribution in [2.75, 3.05) is 0 Å². The van der Waals surface area contributed by atoms with E-state index in [4.69, 9.17) is 16.1 Å². The Labute approximate surface area is 42.4 Å². The largest absolute Gasteiger partial charge is 0.364 e. The molecule has 0 spiro atoms. The number of nitrogens with two attached hydrogens (primary N) is 1. The highest BCUT2D eigenvalue weighted by molar-refractivity contribution is 4.93. The lowest BCUT2D eigenvalue weighted by molar-refractivity contribution is 0.102. The molecule has 3 nitrogen and oxygen atoms in total. The first-order valence-corrected chi connectivity index (χ1v) is 2.05. The van der Waals surface area contributed by atoms with E-state index in [-0.39, 0.29) is 6.42 Å². The van der Waals surface area contributed by atoms with E-state index in [2.05, 4.69) is 0 Å². The van der Waals surface area contributed by atoms with Gasteiger partial charge in [-0.05, 0) is 0 Å². The van der Waals surface area contributed by atoms with Crippen LogP contribution in [0.4, 0.5) is 0 Å². The molecule has 0 saturated heterocycles. The molecule has 1 atom stereocenters. The second kappa shape index (κ2) is 1.92. The molecule has 0 aliphatic heterocycles. The molecular formula is C4H8N2O. The van der Waals surface area contributed by atoms with Crippen molar-refractivity contribution in [3.05, 3.63) is 0 Å². The van der Waals surface area contributed by atoms with Crippen LogP contribution in [-0.2, 0) is 0 Å². The van der Waals surface area contributed by atoms with Crippen molar-refractivity contribution in [1.82, 2.24) is 0 Å². The first kappa shape index (κ1) is 6.41. The first-order chi connectivity index (χ1) is 3.12. The van der Waals surface area contributed by atoms with Crippen LogP contribution in [0.5, 0.6) is 0 Å². The van der Waals surface area contributed by atoms with Gasteiger partial charge in [0.05, 0.1) is 0 Å². The lowest BCUT2D eigenvalue weighted by atomic mass is 10.2. The fourth-order valence-corrected chi connectivity index (χ4v) is 0.0791. The summed E-state index contributed by atoms with van der Waals surface area (Å²) in [6, 6.07) is 1.52. The van der Waals surface area contributed by atoms with Crippen LogP contribution in [0, 0.1) is 11.3 Å². The average molecular weight is 100 g/mol. The molecule has 3 N–H and O–H groups in total. The smallest absolute Gasteiger partial charge is 0.202 e. The minimum atomic E-state index is -1.61. The number of hydrogen-bond acceptors (Lipinski definition) is 3. The average Bonchev–Trinajstić information content (AvgIpc) is 1.68. The maximum absolute atomic E-state index is 8.55. The summed E-state index contributed by atoms with van der Waals surface area (Å²) < 4.78 is 0. The van der Waals surface area contributed by atoms with E-state index in [0.717, 1.165) is 0 Å². The minimum absolute atomic E-state index is 0.267. The van der Waals surface area contributed by atoms with Gasteiger partial charge in [-0.2, -0.15) is 5.26 Å². The maximum atomic E-state index is 8.55. The highest BCUT2D eigenvalue weighted by atomic mass is 16.3. The molecule has 0 saturated carbocycles. The van der Waals surface area contributed by atoms with Gasteiger partial charge in [0.1, 0.15) is 6.07 Å². The molecule has 0 bridgehead atoms. The molecule has 0 radical (unpaired) electrons. The van der Waals surface area contributed by atoms with Gasteiger partial charge in [0.15, 0.2) is 0 Å². The third-order valence-electron chi connectivity index (χ3n) is 0.733. The van der Waals surface area contributed by atoms with Crippen LogP contribution < -0.4 is 5.73 Å². The van der Waals surface area contributed by atoms with Crippen molar-refractivity contribution in [2.24, 2.45) is 5.73 Å². The zero-order valence-corrected chi connectivity index (χ0v) is 4.18. The number of rotatable bonds is 1. The third kappa shape index (κ3) is 2.15. The van der Waals surface area contributed by atoms with Gasteiger partial charge in [0.2, 0.25) is 5.72 Å². The van der Waals surface area contributed by atoms with E-state index in [1.165, 1.54) is 6.07 Å². The standard InChI is InChI=1S/C4H8N2O/c1-2-4(6,7)3-5/h7H,2,6H2,1H3. The molecule has 0 heterocycles. The van der Waals surface area contributed by atoms with Gasteiger partial charge in [-0.1, -0.05) is 6.92 Å². The molecule has 0 aliphatic rings. The predicted octanol–water partition coefficient (Wildman–Crippen LogP) is -0.433. The Morgan fingerprint density at radius 1 is 2.00 bits per heavy atom. The molecular weight excluding hydrogens is 92.1 g/mol. The lowest BCUT2D eigenvalue weighted by Gasteiger charge is -2.07. The zero-order chi connectivity index (χ0) is 5.91. The Kier molecular flexibility index (Phi) is 1.75. The molecule has 1 unspecified atom stereocenters. The number of nitrogens with zero attached hydrogens (tertiary/aromatic N) is 1. The van der Waals surface area contributed by atoms with Gasteiger partial charge >= 0.3 is 0 Å². The summed E-state index contributed by atoms with van der Waals surface area (Å²) in [6.07, 6.45) is 0.267. The monoisotopic (exact) mass is 100 g/mol. The molecule has 0 rings (SSSR count). The van der Waals surface area contributed by atoms with Crippen LogP contribution >= 0.6 is 0 Å². The molecule has 0 fully saturated rings. The summed E-state index contributed by atoms with van der Waals surface area (Å²) in [7, 11) is 0. The molecule has 40 valence electrons. The van der Waals surface area contributed by atoms with Crippen LogP contribution in [0.15, 0.2) is 0 Å². The summed E-state index contributed by atoms with van der Waals surface area (Å²) >= 11 is 0. The number of hydrogen-bond donors (Lipinski definition) is 2. The van der Waals surface area contributed by atoms with Gasteiger partial charge in [0.25, 0.3) is 0 Å². The maximum Gasteiger partial charge on any atom is 0.202 e. The van der Waals surface area contributed by atoms with Crippen LogP contribution in [0.2, 0.25) is 0 Å². The summed E-state index contributed by atoms with van der Waals surface area (Å²) in [6.45, 7) is 1.64. The second-order valence-electron chi connectivity index (χ2n) is 1.39. The van der Waals surface area contributed by atoms with E-state index in [1.807, 2.05) is 0 Å².